The van der Waals surface area contributed by atoms with E-state index >= 15 is 0 Å². The summed E-state index contributed by atoms with van der Waals surface area (Å²) in [5, 5.41) is 1.97. The Kier molecular flexibility index (Phi) is 3.19. The molecule has 0 spiro atoms. The molecule has 1 fully saturated rings. The third kappa shape index (κ3) is 2.19. The lowest BCUT2D eigenvalue weighted by molar-refractivity contribution is 0.00578. The van der Waals surface area contributed by atoms with Gasteiger partial charge in [0.2, 0.25) is 0 Å². The summed E-state index contributed by atoms with van der Waals surface area (Å²) in [7, 11) is -0.514. The number of hydrogen-bond donors (Lipinski definition) is 0. The van der Waals surface area contributed by atoms with Gasteiger partial charge < -0.3 is 9.31 Å². The topological polar surface area (TPSA) is 35.5 Å². The van der Waals surface area contributed by atoms with Gasteiger partial charge in [-0.25, -0.2) is 0 Å². The van der Waals surface area contributed by atoms with Crippen LogP contribution in [0, 0.1) is 0 Å². The zero-order chi connectivity index (χ0) is 15.3. The van der Waals surface area contributed by atoms with E-state index in [1.54, 1.807) is 0 Å². The number of carbonyl (C=O) groups excluding carboxylic acids is 1. The van der Waals surface area contributed by atoms with Gasteiger partial charge in [-0.3, -0.25) is 4.79 Å². The maximum Gasteiger partial charge on any atom is 0.495 e. The Morgan fingerprint density at radius 2 is 1.57 bits per heavy atom. The average Bonchev–Trinajstić information content (AvgIpc) is 2.66. The van der Waals surface area contributed by atoms with E-state index in [0.29, 0.717) is 5.56 Å². The second-order valence-electron chi connectivity index (χ2n) is 6.50. The van der Waals surface area contributed by atoms with E-state index in [1.807, 2.05) is 64.1 Å². The van der Waals surface area contributed by atoms with Crippen molar-refractivity contribution >= 4 is 29.6 Å². The molecule has 0 aliphatic carbocycles. The van der Waals surface area contributed by atoms with Crippen LogP contribution in [0.5, 0.6) is 0 Å². The fourth-order valence-electron chi connectivity index (χ4n) is 2.62. The molecule has 0 N–H and O–H groups in total. The summed E-state index contributed by atoms with van der Waals surface area (Å²) >= 11 is 0. The third-order valence-corrected chi connectivity index (χ3v) is 4.63. The van der Waals surface area contributed by atoms with Crippen molar-refractivity contribution in [2.24, 2.45) is 0 Å². The molecule has 1 aliphatic heterocycles. The maximum absolute atomic E-state index is 11.6. The number of rotatable bonds is 2. The van der Waals surface area contributed by atoms with Gasteiger partial charge in [0.05, 0.1) is 11.2 Å². The van der Waals surface area contributed by atoms with Crippen LogP contribution in [-0.2, 0) is 9.31 Å². The first-order valence-corrected chi connectivity index (χ1v) is 7.18. The molecule has 0 atom stereocenters. The van der Waals surface area contributed by atoms with E-state index in [1.165, 1.54) is 0 Å². The first-order valence-electron chi connectivity index (χ1n) is 7.18. The monoisotopic (exact) mass is 282 g/mol. The predicted octanol–water partition coefficient (Wildman–Crippen LogP) is 2.95. The van der Waals surface area contributed by atoms with Gasteiger partial charge in [-0.15, -0.1) is 0 Å². The minimum absolute atomic E-state index is 0.413. The Labute approximate surface area is 125 Å². The molecule has 0 amide bonds. The molecule has 0 bridgehead atoms. The van der Waals surface area contributed by atoms with Crippen LogP contribution in [-0.4, -0.2) is 24.6 Å². The summed E-state index contributed by atoms with van der Waals surface area (Å²) in [5.41, 5.74) is 0.612. The predicted molar refractivity (Wildman–Crippen MR) is 85.1 cm³/mol. The highest BCUT2D eigenvalue weighted by Gasteiger charge is 2.52. The van der Waals surface area contributed by atoms with E-state index in [9.17, 15) is 4.79 Å². The Balaban J connectivity index is 2.12. The van der Waals surface area contributed by atoms with Crippen molar-refractivity contribution in [2.45, 2.75) is 38.9 Å². The molecule has 21 heavy (non-hydrogen) atoms. The van der Waals surface area contributed by atoms with Crippen LogP contribution in [0.1, 0.15) is 38.1 Å². The average molecular weight is 282 g/mol. The lowest BCUT2D eigenvalue weighted by Crippen LogP contribution is -2.41. The molecule has 1 aliphatic rings. The Morgan fingerprint density at radius 3 is 2.19 bits per heavy atom. The number of aldehydes is 1. The smallest absolute Gasteiger partial charge is 0.399 e. The van der Waals surface area contributed by atoms with Gasteiger partial charge in [-0.05, 0) is 43.9 Å². The molecule has 108 valence electrons. The van der Waals surface area contributed by atoms with Crippen LogP contribution >= 0.6 is 0 Å². The molecule has 3 nitrogen and oxygen atoms in total. The molecular weight excluding hydrogens is 263 g/mol. The lowest BCUT2D eigenvalue weighted by Gasteiger charge is -2.32. The van der Waals surface area contributed by atoms with Crippen LogP contribution in [0.2, 0.25) is 0 Å². The van der Waals surface area contributed by atoms with E-state index in [2.05, 4.69) is 0 Å². The lowest BCUT2D eigenvalue weighted by atomic mass is 9.75. The van der Waals surface area contributed by atoms with Gasteiger partial charge in [-0.2, -0.15) is 0 Å². The minimum Gasteiger partial charge on any atom is -0.399 e. The largest absolute Gasteiger partial charge is 0.495 e. The van der Waals surface area contributed by atoms with Gasteiger partial charge in [-0.1, -0.05) is 36.4 Å². The molecule has 1 heterocycles. The summed E-state index contributed by atoms with van der Waals surface area (Å²) in [5.74, 6) is 0. The van der Waals surface area contributed by atoms with Crippen LogP contribution in [0.3, 0.4) is 0 Å². The van der Waals surface area contributed by atoms with E-state index in [0.717, 1.165) is 22.5 Å². The van der Waals surface area contributed by atoms with Crippen LogP contribution < -0.4 is 5.46 Å². The summed E-state index contributed by atoms with van der Waals surface area (Å²) < 4.78 is 12.1. The van der Waals surface area contributed by atoms with Gasteiger partial charge in [0.25, 0.3) is 0 Å². The van der Waals surface area contributed by atoms with Crippen molar-refractivity contribution in [3.05, 3.63) is 42.0 Å². The van der Waals surface area contributed by atoms with Crippen LogP contribution in [0.15, 0.2) is 36.4 Å². The van der Waals surface area contributed by atoms with Crippen molar-refractivity contribution < 1.29 is 14.1 Å². The van der Waals surface area contributed by atoms with E-state index in [-0.39, 0.29) is 0 Å². The summed E-state index contributed by atoms with van der Waals surface area (Å²) in [6.45, 7) is 8.03. The first kappa shape index (κ1) is 14.3. The van der Waals surface area contributed by atoms with Gasteiger partial charge in [0, 0.05) is 5.56 Å². The molecule has 0 aromatic heterocycles. The van der Waals surface area contributed by atoms with Gasteiger partial charge in [0.15, 0.2) is 0 Å². The van der Waals surface area contributed by atoms with Crippen molar-refractivity contribution in [1.82, 2.24) is 0 Å². The Morgan fingerprint density at radius 1 is 0.952 bits per heavy atom. The highest BCUT2D eigenvalue weighted by atomic mass is 16.7. The maximum atomic E-state index is 11.6. The number of fused-ring (bicyclic) bond motifs is 1. The van der Waals surface area contributed by atoms with E-state index in [4.69, 9.17) is 9.31 Å². The highest BCUT2D eigenvalue weighted by Crippen LogP contribution is 2.37. The second kappa shape index (κ2) is 4.68. The van der Waals surface area contributed by atoms with Crippen molar-refractivity contribution in [2.75, 3.05) is 0 Å². The van der Waals surface area contributed by atoms with Crippen LogP contribution in [0.4, 0.5) is 0 Å². The Bertz CT molecular complexity index is 690. The Hall–Kier alpha value is -1.65. The molecule has 2 aromatic carbocycles. The van der Waals surface area contributed by atoms with Crippen LogP contribution in [0.25, 0.3) is 10.8 Å². The molecule has 0 unspecified atom stereocenters. The van der Waals surface area contributed by atoms with Crippen molar-refractivity contribution in [3.63, 3.8) is 0 Å². The van der Waals surface area contributed by atoms with Gasteiger partial charge in [0.1, 0.15) is 6.29 Å². The second-order valence-corrected chi connectivity index (χ2v) is 6.50. The molecule has 3 rings (SSSR count). The fourth-order valence-corrected chi connectivity index (χ4v) is 2.62. The molecule has 1 saturated heterocycles. The highest BCUT2D eigenvalue weighted by molar-refractivity contribution is 6.64. The number of carbonyl (C=O) groups is 1. The number of benzene rings is 2. The third-order valence-electron chi connectivity index (χ3n) is 4.63. The molecule has 0 radical (unpaired) electrons. The zero-order valence-electron chi connectivity index (χ0n) is 12.8. The normalized spacial score (nSPS) is 19.9. The quantitative estimate of drug-likeness (QED) is 0.627. The summed E-state index contributed by atoms with van der Waals surface area (Å²) in [4.78, 5) is 11.6. The number of hydrogen-bond acceptors (Lipinski definition) is 3. The first-order chi connectivity index (χ1) is 9.86. The van der Waals surface area contributed by atoms with Crippen molar-refractivity contribution in [3.8, 4) is 0 Å². The standard InChI is InChI=1S/C17H19BO3/c1-16(2)17(3,4)21-18(20-16)15-10-9-12-7-5-6-8-13(12)14(15)11-19/h5-11H,1-4H3. The summed E-state index contributed by atoms with van der Waals surface area (Å²) in [6, 6.07) is 11.8. The fraction of sp³-hybridized carbons (Fsp3) is 0.353. The van der Waals surface area contributed by atoms with E-state index < -0.39 is 18.3 Å². The molecule has 4 heteroatoms. The van der Waals surface area contributed by atoms with Gasteiger partial charge >= 0.3 is 7.12 Å². The molecule has 0 saturated carbocycles. The molecule has 2 aromatic rings. The summed E-state index contributed by atoms with van der Waals surface area (Å²) in [6.07, 6.45) is 0.892. The molecular formula is C17H19BO3. The van der Waals surface area contributed by atoms with Crippen molar-refractivity contribution in [1.29, 1.82) is 0 Å². The SMILES string of the molecule is CC1(C)OB(c2ccc3ccccc3c2C=O)OC1(C)C. The minimum atomic E-state index is -0.514. The zero-order valence-corrected chi connectivity index (χ0v) is 12.8.